The third-order valence-corrected chi connectivity index (χ3v) is 7.90. The first-order chi connectivity index (χ1) is 19.4. The van der Waals surface area contributed by atoms with Gasteiger partial charge in [0.1, 0.15) is 18.0 Å². The fourth-order valence-corrected chi connectivity index (χ4v) is 5.79. The lowest BCUT2D eigenvalue weighted by Crippen LogP contribution is -1.89. The van der Waals surface area contributed by atoms with Crippen molar-refractivity contribution in [3.63, 3.8) is 0 Å². The van der Waals surface area contributed by atoms with Crippen molar-refractivity contribution in [1.82, 2.24) is 29.9 Å². The number of aliphatic imine (C=N–C) groups is 1. The van der Waals surface area contributed by atoms with Crippen LogP contribution in [0, 0.1) is 6.92 Å². The number of aromatic nitrogens is 6. The summed E-state index contributed by atoms with van der Waals surface area (Å²) in [5.41, 5.74) is 9.17. The van der Waals surface area contributed by atoms with E-state index in [1.54, 1.807) is 6.33 Å². The van der Waals surface area contributed by atoms with E-state index in [0.29, 0.717) is 5.92 Å². The Morgan fingerprint density at radius 1 is 0.725 bits per heavy atom. The Kier molecular flexibility index (Phi) is 5.46. The van der Waals surface area contributed by atoms with Crippen molar-refractivity contribution in [2.24, 2.45) is 4.99 Å². The minimum atomic E-state index is 0.289. The minimum absolute atomic E-state index is 0.289. The summed E-state index contributed by atoms with van der Waals surface area (Å²) < 4.78 is 0. The quantitative estimate of drug-likeness (QED) is 0.178. The Morgan fingerprint density at radius 2 is 1.38 bits per heavy atom. The van der Waals surface area contributed by atoms with E-state index in [-0.39, 0.29) is 5.92 Å². The van der Waals surface area contributed by atoms with Crippen molar-refractivity contribution < 1.29 is 0 Å². The average molecular weight is 526 g/mol. The molecule has 0 aliphatic carbocycles. The first-order valence-corrected chi connectivity index (χ1v) is 13.9. The van der Waals surface area contributed by atoms with Gasteiger partial charge in [-0.2, -0.15) is 0 Å². The number of hydrogen-bond acceptors (Lipinski definition) is 5. The van der Waals surface area contributed by atoms with Crippen molar-refractivity contribution in [3.8, 4) is 11.1 Å². The van der Waals surface area contributed by atoms with E-state index in [9.17, 15) is 0 Å². The van der Waals surface area contributed by atoms with Gasteiger partial charge in [-0.25, -0.2) is 19.9 Å². The molecule has 198 valence electrons. The van der Waals surface area contributed by atoms with Gasteiger partial charge in [-0.15, -0.1) is 0 Å². The molecule has 7 nitrogen and oxygen atoms in total. The van der Waals surface area contributed by atoms with Gasteiger partial charge in [-0.05, 0) is 42.5 Å². The molecule has 40 heavy (non-hydrogen) atoms. The summed E-state index contributed by atoms with van der Waals surface area (Å²) in [6, 6.07) is 13.2. The molecule has 0 fully saturated rings. The number of imidazole rings is 2. The zero-order valence-electron chi connectivity index (χ0n) is 23.6. The van der Waals surface area contributed by atoms with Crippen LogP contribution >= 0.6 is 0 Å². The normalized spacial score (nSPS) is 12.6. The highest BCUT2D eigenvalue weighted by Gasteiger charge is 2.19. The highest BCUT2D eigenvalue weighted by molar-refractivity contribution is 6.22. The van der Waals surface area contributed by atoms with Crippen molar-refractivity contribution in [1.29, 1.82) is 0 Å². The second-order valence-electron chi connectivity index (χ2n) is 11.2. The van der Waals surface area contributed by atoms with Gasteiger partial charge in [-0.1, -0.05) is 52.0 Å². The van der Waals surface area contributed by atoms with Crippen LogP contribution < -0.4 is 0 Å². The van der Waals surface area contributed by atoms with Crippen LogP contribution in [0.1, 0.15) is 63.7 Å². The molecule has 0 saturated carbocycles. The van der Waals surface area contributed by atoms with Gasteiger partial charge < -0.3 is 9.97 Å². The Hall–Kier alpha value is -4.65. The zero-order valence-corrected chi connectivity index (χ0v) is 23.6. The fourth-order valence-electron chi connectivity index (χ4n) is 5.79. The molecule has 0 saturated heterocycles. The molecule has 0 aliphatic rings. The lowest BCUT2D eigenvalue weighted by molar-refractivity contribution is 0.799. The largest absolute Gasteiger partial charge is 0.341 e. The van der Waals surface area contributed by atoms with E-state index in [2.05, 4.69) is 91.0 Å². The summed E-state index contributed by atoms with van der Waals surface area (Å²) in [5.74, 6) is 2.56. The standard InChI is InChI=1S/C33H31N7/c1-7-35-26-18(6)27-29(38-32(37-27)16(2)3)22-11-9-20(13-24(22)26)19-8-10-21-23(12-19)25-14-34-15-36-28(25)31-30(21)39-33(40-31)17(4)5/h7-17H,1-6H3,(H,37,38)(H,39,40). The summed E-state index contributed by atoms with van der Waals surface area (Å²) in [4.78, 5) is 30.9. The Bertz CT molecular complexity index is 2140. The molecule has 7 aromatic rings. The predicted molar refractivity (Wildman–Crippen MR) is 166 cm³/mol. The Morgan fingerprint density at radius 3 is 2.08 bits per heavy atom. The molecule has 0 bridgehead atoms. The van der Waals surface area contributed by atoms with Crippen LogP contribution in [0.2, 0.25) is 0 Å². The van der Waals surface area contributed by atoms with Gasteiger partial charge in [0.2, 0.25) is 0 Å². The van der Waals surface area contributed by atoms with Crippen LogP contribution in [0.25, 0.3) is 65.6 Å². The van der Waals surface area contributed by atoms with Crippen molar-refractivity contribution in [3.05, 3.63) is 66.1 Å². The zero-order chi connectivity index (χ0) is 27.7. The first-order valence-electron chi connectivity index (χ1n) is 13.9. The molecule has 3 aromatic heterocycles. The molecular weight excluding hydrogens is 494 g/mol. The second-order valence-corrected chi connectivity index (χ2v) is 11.2. The van der Waals surface area contributed by atoms with Crippen LogP contribution in [0.15, 0.2) is 53.9 Å². The molecular formula is C33H31N7. The van der Waals surface area contributed by atoms with E-state index in [1.165, 1.54) is 0 Å². The molecule has 0 radical (unpaired) electrons. The molecule has 4 aromatic carbocycles. The maximum absolute atomic E-state index is 4.98. The van der Waals surface area contributed by atoms with Gasteiger partial charge >= 0.3 is 0 Å². The Balaban J connectivity index is 1.50. The van der Waals surface area contributed by atoms with E-state index >= 15 is 0 Å². The van der Waals surface area contributed by atoms with Crippen LogP contribution in [0.5, 0.6) is 0 Å². The number of H-pyrrole nitrogens is 2. The summed E-state index contributed by atoms with van der Waals surface area (Å²) in [6.07, 6.45) is 5.37. The summed E-state index contributed by atoms with van der Waals surface area (Å²) >= 11 is 0. The third-order valence-electron chi connectivity index (χ3n) is 7.90. The smallest absolute Gasteiger partial charge is 0.116 e. The number of rotatable bonds is 4. The van der Waals surface area contributed by atoms with Gasteiger partial charge in [0.25, 0.3) is 0 Å². The van der Waals surface area contributed by atoms with E-state index in [0.717, 1.165) is 88.5 Å². The summed E-state index contributed by atoms with van der Waals surface area (Å²) in [6.45, 7) is 12.7. The van der Waals surface area contributed by atoms with Crippen LogP contribution in [-0.2, 0) is 0 Å². The van der Waals surface area contributed by atoms with Gasteiger partial charge in [0.05, 0.1) is 33.3 Å². The second kappa shape index (κ2) is 8.95. The fraction of sp³-hybridized carbons (Fsp3) is 0.242. The first kappa shape index (κ1) is 24.4. The van der Waals surface area contributed by atoms with Crippen LogP contribution in [0.3, 0.4) is 0 Å². The van der Waals surface area contributed by atoms with E-state index in [4.69, 9.17) is 15.0 Å². The molecule has 2 N–H and O–H groups in total. The molecule has 3 heterocycles. The number of hydrogen-bond donors (Lipinski definition) is 2. The molecule has 0 aliphatic heterocycles. The lowest BCUT2D eigenvalue weighted by atomic mass is 9.95. The minimum Gasteiger partial charge on any atom is -0.341 e. The maximum atomic E-state index is 4.98. The topological polar surface area (TPSA) is 95.5 Å². The Labute approximate surface area is 231 Å². The van der Waals surface area contributed by atoms with Gasteiger partial charge in [-0.3, -0.25) is 4.99 Å². The maximum Gasteiger partial charge on any atom is 0.116 e. The van der Waals surface area contributed by atoms with Crippen LogP contribution in [-0.4, -0.2) is 36.1 Å². The molecule has 0 atom stereocenters. The number of aromatic amines is 2. The molecule has 7 heteroatoms. The highest BCUT2D eigenvalue weighted by Crippen LogP contribution is 2.41. The average Bonchev–Trinajstić information content (AvgIpc) is 3.62. The number of nitrogens with one attached hydrogen (secondary N) is 2. The van der Waals surface area contributed by atoms with E-state index in [1.807, 2.05) is 19.3 Å². The van der Waals surface area contributed by atoms with Crippen molar-refractivity contribution in [2.75, 3.05) is 0 Å². The monoisotopic (exact) mass is 525 g/mol. The number of nitrogens with zero attached hydrogens (tertiary/aromatic N) is 5. The third kappa shape index (κ3) is 3.54. The van der Waals surface area contributed by atoms with Crippen LogP contribution in [0.4, 0.5) is 5.69 Å². The van der Waals surface area contributed by atoms with Crippen molar-refractivity contribution in [2.45, 2.75) is 53.4 Å². The number of aryl methyl sites for hydroxylation is 1. The molecule has 7 rings (SSSR count). The number of benzene rings is 4. The van der Waals surface area contributed by atoms with Gasteiger partial charge in [0.15, 0.2) is 0 Å². The SMILES string of the molecule is CC=Nc1c(C)c2nc(C(C)C)[nH]c2c2ccc(-c3ccc4c(c3)c3cncnc3c3[nH]c(C(C)C)nc43)cc12. The molecule has 0 unspecified atom stereocenters. The molecule has 0 spiro atoms. The number of fused-ring (bicyclic) bond motifs is 9. The highest BCUT2D eigenvalue weighted by atomic mass is 14.9. The predicted octanol–water partition coefficient (Wildman–Crippen LogP) is 8.63. The summed E-state index contributed by atoms with van der Waals surface area (Å²) in [5, 5.41) is 5.44. The summed E-state index contributed by atoms with van der Waals surface area (Å²) in [7, 11) is 0. The lowest BCUT2D eigenvalue weighted by Gasteiger charge is -2.12. The van der Waals surface area contributed by atoms with Gasteiger partial charge in [0, 0.05) is 51.4 Å². The van der Waals surface area contributed by atoms with Crippen molar-refractivity contribution >= 4 is 66.4 Å². The molecule has 0 amide bonds. The van der Waals surface area contributed by atoms with E-state index < -0.39 is 0 Å².